The second kappa shape index (κ2) is 7.01. The maximum absolute atomic E-state index is 5.24. The second-order valence-corrected chi connectivity index (χ2v) is 5.29. The molecule has 0 radical (unpaired) electrons. The minimum atomic E-state index is 0.386. The van der Waals surface area contributed by atoms with Gasteiger partial charge in [-0.05, 0) is 46.1 Å². The zero-order valence-electron chi connectivity index (χ0n) is 10.8. The van der Waals surface area contributed by atoms with Gasteiger partial charge >= 0.3 is 0 Å². The largest absolute Gasteiger partial charge is 0.361 e. The Morgan fingerprint density at radius 2 is 1.67 bits per heavy atom. The number of thiocarbonyl (C=S) groups is 1. The molecule has 0 fully saturated rings. The first-order valence-electron chi connectivity index (χ1n) is 5.54. The molecule has 2 N–H and O–H groups in total. The number of likely N-dealkylation sites (N-methyl/N-ethyl adjacent to an activating group) is 1. The van der Waals surface area contributed by atoms with Crippen LogP contribution in [0.5, 0.6) is 0 Å². The average Bonchev–Trinajstić information content (AvgIpc) is 1.99. The van der Waals surface area contributed by atoms with Crippen molar-refractivity contribution in [3.63, 3.8) is 0 Å². The fraction of sp³-hybridized carbons (Fsp3) is 0.909. The molecule has 0 aliphatic heterocycles. The predicted molar refractivity (Wildman–Crippen MR) is 71.2 cm³/mol. The Hall–Kier alpha value is -0.350. The molecule has 0 heterocycles. The third-order valence-corrected chi connectivity index (χ3v) is 2.34. The van der Waals surface area contributed by atoms with Crippen molar-refractivity contribution in [1.82, 2.24) is 15.5 Å². The molecule has 4 heteroatoms. The van der Waals surface area contributed by atoms with Crippen LogP contribution in [0.1, 0.15) is 27.7 Å². The highest BCUT2D eigenvalue weighted by atomic mass is 32.1. The fourth-order valence-corrected chi connectivity index (χ4v) is 1.68. The topological polar surface area (TPSA) is 27.3 Å². The van der Waals surface area contributed by atoms with Gasteiger partial charge in [0.2, 0.25) is 0 Å². The van der Waals surface area contributed by atoms with E-state index in [2.05, 4.69) is 57.3 Å². The molecule has 0 aromatic heterocycles. The summed E-state index contributed by atoms with van der Waals surface area (Å²) in [6.07, 6.45) is 0. The molecular weight excluding hydrogens is 206 g/mol. The first-order chi connectivity index (χ1) is 6.82. The lowest BCUT2D eigenvalue weighted by atomic mass is 10.0. The Labute approximate surface area is 99.6 Å². The molecule has 90 valence electrons. The molecule has 0 aliphatic carbocycles. The van der Waals surface area contributed by atoms with Crippen LogP contribution in [0.25, 0.3) is 0 Å². The van der Waals surface area contributed by atoms with Crippen LogP contribution in [-0.4, -0.2) is 42.7 Å². The van der Waals surface area contributed by atoms with E-state index in [0.29, 0.717) is 18.0 Å². The van der Waals surface area contributed by atoms with Crippen molar-refractivity contribution in [1.29, 1.82) is 0 Å². The van der Waals surface area contributed by atoms with E-state index < -0.39 is 0 Å². The lowest BCUT2D eigenvalue weighted by Crippen LogP contribution is -2.50. The van der Waals surface area contributed by atoms with Crippen LogP contribution in [-0.2, 0) is 0 Å². The summed E-state index contributed by atoms with van der Waals surface area (Å²) in [6.45, 7) is 9.59. The molecule has 0 aromatic carbocycles. The Balaban J connectivity index is 4.10. The van der Waals surface area contributed by atoms with Crippen LogP contribution in [0, 0.1) is 5.92 Å². The molecule has 0 saturated heterocycles. The van der Waals surface area contributed by atoms with Gasteiger partial charge in [-0.15, -0.1) is 0 Å². The van der Waals surface area contributed by atoms with E-state index in [0.717, 1.165) is 11.7 Å². The Bertz CT molecular complexity index is 190. The van der Waals surface area contributed by atoms with Gasteiger partial charge < -0.3 is 15.5 Å². The van der Waals surface area contributed by atoms with Crippen molar-refractivity contribution in [2.24, 2.45) is 5.92 Å². The normalized spacial score (nSPS) is 13.4. The van der Waals surface area contributed by atoms with Crippen molar-refractivity contribution in [2.75, 3.05) is 20.6 Å². The molecule has 3 nitrogen and oxygen atoms in total. The summed E-state index contributed by atoms with van der Waals surface area (Å²) < 4.78 is 0. The monoisotopic (exact) mass is 231 g/mol. The maximum atomic E-state index is 5.24. The van der Waals surface area contributed by atoms with E-state index in [1.54, 1.807) is 0 Å². The molecule has 0 amide bonds. The highest BCUT2D eigenvalue weighted by Gasteiger charge is 2.15. The van der Waals surface area contributed by atoms with Gasteiger partial charge in [0.25, 0.3) is 0 Å². The van der Waals surface area contributed by atoms with Crippen molar-refractivity contribution in [3.8, 4) is 0 Å². The van der Waals surface area contributed by atoms with Gasteiger partial charge in [-0.3, -0.25) is 0 Å². The third kappa shape index (κ3) is 7.56. The fourth-order valence-electron chi connectivity index (χ4n) is 1.29. The van der Waals surface area contributed by atoms with Crippen LogP contribution < -0.4 is 10.6 Å². The number of nitrogens with one attached hydrogen (secondary N) is 2. The number of rotatable bonds is 5. The SMILES string of the molecule is CC(C)NC(=S)NC(CN(C)C)C(C)C. The van der Waals surface area contributed by atoms with Crippen LogP contribution in [0.4, 0.5) is 0 Å². The van der Waals surface area contributed by atoms with Crippen LogP contribution in [0.2, 0.25) is 0 Å². The molecule has 0 rings (SSSR count). The third-order valence-electron chi connectivity index (χ3n) is 2.10. The zero-order valence-corrected chi connectivity index (χ0v) is 11.6. The molecule has 15 heavy (non-hydrogen) atoms. The smallest absolute Gasteiger partial charge is 0.166 e. The summed E-state index contributed by atoms with van der Waals surface area (Å²) in [5.41, 5.74) is 0. The van der Waals surface area contributed by atoms with E-state index in [9.17, 15) is 0 Å². The van der Waals surface area contributed by atoms with Gasteiger partial charge in [0.15, 0.2) is 5.11 Å². The summed E-state index contributed by atoms with van der Waals surface area (Å²) >= 11 is 5.24. The standard InChI is InChI=1S/C11H25N3S/c1-8(2)10(7-14(5)6)13-11(15)12-9(3)4/h8-10H,7H2,1-6H3,(H2,12,13,15). The van der Waals surface area contributed by atoms with E-state index in [1.165, 1.54) is 0 Å². The van der Waals surface area contributed by atoms with Gasteiger partial charge in [0, 0.05) is 18.6 Å². The molecule has 0 aromatic rings. The van der Waals surface area contributed by atoms with Gasteiger partial charge in [0.05, 0.1) is 0 Å². The van der Waals surface area contributed by atoms with Crippen molar-refractivity contribution >= 4 is 17.3 Å². The highest BCUT2D eigenvalue weighted by molar-refractivity contribution is 7.80. The lowest BCUT2D eigenvalue weighted by Gasteiger charge is -2.27. The van der Waals surface area contributed by atoms with Crippen LogP contribution >= 0.6 is 12.2 Å². The van der Waals surface area contributed by atoms with Crippen LogP contribution in [0.15, 0.2) is 0 Å². The molecule has 1 atom stereocenters. The van der Waals surface area contributed by atoms with Crippen molar-refractivity contribution in [2.45, 2.75) is 39.8 Å². The predicted octanol–water partition coefficient (Wildman–Crippen LogP) is 1.45. The molecule has 0 aliphatic rings. The first kappa shape index (κ1) is 14.6. The minimum Gasteiger partial charge on any atom is -0.361 e. The van der Waals surface area contributed by atoms with Gasteiger partial charge in [-0.1, -0.05) is 13.8 Å². The Morgan fingerprint density at radius 3 is 2.00 bits per heavy atom. The molecule has 0 bridgehead atoms. The Morgan fingerprint density at radius 1 is 1.13 bits per heavy atom. The summed E-state index contributed by atoms with van der Waals surface area (Å²) in [7, 11) is 4.16. The molecule has 0 saturated carbocycles. The lowest BCUT2D eigenvalue weighted by molar-refractivity contribution is 0.312. The highest BCUT2D eigenvalue weighted by Crippen LogP contribution is 2.02. The van der Waals surface area contributed by atoms with Crippen molar-refractivity contribution < 1.29 is 0 Å². The van der Waals surface area contributed by atoms with E-state index in [-0.39, 0.29) is 0 Å². The van der Waals surface area contributed by atoms with E-state index in [1.807, 2.05) is 0 Å². The van der Waals surface area contributed by atoms with E-state index in [4.69, 9.17) is 12.2 Å². The average molecular weight is 231 g/mol. The quantitative estimate of drug-likeness (QED) is 0.700. The molecule has 1 unspecified atom stereocenters. The number of nitrogens with zero attached hydrogens (tertiary/aromatic N) is 1. The summed E-state index contributed by atoms with van der Waals surface area (Å²) in [5, 5.41) is 7.32. The summed E-state index contributed by atoms with van der Waals surface area (Å²) in [5.74, 6) is 0.569. The Kier molecular flexibility index (Phi) is 6.85. The van der Waals surface area contributed by atoms with Gasteiger partial charge in [-0.25, -0.2) is 0 Å². The first-order valence-corrected chi connectivity index (χ1v) is 5.95. The zero-order chi connectivity index (χ0) is 12.0. The molecular formula is C11H25N3S. The minimum absolute atomic E-state index is 0.386. The summed E-state index contributed by atoms with van der Waals surface area (Å²) in [6, 6.07) is 0.788. The molecule has 0 spiro atoms. The van der Waals surface area contributed by atoms with Gasteiger partial charge in [-0.2, -0.15) is 0 Å². The van der Waals surface area contributed by atoms with Gasteiger partial charge in [0.1, 0.15) is 0 Å². The maximum Gasteiger partial charge on any atom is 0.166 e. The van der Waals surface area contributed by atoms with Crippen LogP contribution in [0.3, 0.4) is 0 Å². The van der Waals surface area contributed by atoms with E-state index >= 15 is 0 Å². The summed E-state index contributed by atoms with van der Waals surface area (Å²) in [4.78, 5) is 2.18. The number of hydrogen-bond acceptors (Lipinski definition) is 2. The number of hydrogen-bond donors (Lipinski definition) is 2. The second-order valence-electron chi connectivity index (χ2n) is 4.89. The van der Waals surface area contributed by atoms with Crippen molar-refractivity contribution in [3.05, 3.63) is 0 Å².